The minimum absolute atomic E-state index is 0. The molecule has 4 rings (SSSR count). The van der Waals surface area contributed by atoms with E-state index in [-0.39, 0.29) is 12.4 Å². The van der Waals surface area contributed by atoms with E-state index in [2.05, 4.69) is 48.5 Å². The maximum atomic E-state index is 6.27. The predicted octanol–water partition coefficient (Wildman–Crippen LogP) is 5.73. The number of fused-ring (bicyclic) bond motifs is 5. The Kier molecular flexibility index (Phi) is 4.21. The molecule has 0 radical (unpaired) electrons. The smallest absolute Gasteiger partial charge is 0.130 e. The van der Waals surface area contributed by atoms with Gasteiger partial charge in [-0.15, -0.1) is 12.4 Å². The molecule has 2 aromatic rings. The van der Waals surface area contributed by atoms with Crippen molar-refractivity contribution in [1.82, 2.24) is 0 Å². The van der Waals surface area contributed by atoms with E-state index in [1.54, 1.807) is 0 Å². The van der Waals surface area contributed by atoms with Crippen LogP contribution in [0, 0.1) is 5.92 Å². The van der Waals surface area contributed by atoms with Crippen LogP contribution in [0.5, 0.6) is 11.5 Å². The van der Waals surface area contributed by atoms with Crippen LogP contribution in [0.1, 0.15) is 42.7 Å². The van der Waals surface area contributed by atoms with E-state index in [9.17, 15) is 0 Å². The van der Waals surface area contributed by atoms with Crippen LogP contribution in [0.25, 0.3) is 0 Å². The highest BCUT2D eigenvalue weighted by Crippen LogP contribution is 2.44. The van der Waals surface area contributed by atoms with Gasteiger partial charge in [0.25, 0.3) is 0 Å². The molecule has 21 heavy (non-hydrogen) atoms. The van der Waals surface area contributed by atoms with Gasteiger partial charge in [-0.25, -0.2) is 0 Å². The molecule has 2 aliphatic rings. The number of rotatable bonds is 0. The van der Waals surface area contributed by atoms with Gasteiger partial charge in [-0.2, -0.15) is 0 Å². The lowest BCUT2D eigenvalue weighted by atomic mass is 9.76. The highest BCUT2D eigenvalue weighted by atomic mass is 35.5. The Morgan fingerprint density at radius 1 is 0.857 bits per heavy atom. The van der Waals surface area contributed by atoms with Gasteiger partial charge in [-0.05, 0) is 54.4 Å². The molecule has 2 heteroatoms. The standard InChI is InChI=1S/C19H20O.ClH/c1-3-10-18-16(7-1)13-14-6-5-8-15(12-14)17-9-2-4-11-19(17)20-18;/h1-4,7,9-11,14-15H,5-6,8,12-13H2;1H/t14-,15?;/m1./s1. The summed E-state index contributed by atoms with van der Waals surface area (Å²) in [4.78, 5) is 0. The zero-order chi connectivity index (χ0) is 13.4. The molecule has 2 bridgehead atoms. The van der Waals surface area contributed by atoms with Crippen molar-refractivity contribution in [3.05, 3.63) is 59.7 Å². The Bertz CT molecular complexity index is 622. The van der Waals surface area contributed by atoms with Crippen LogP contribution in [0.2, 0.25) is 0 Å². The molecular weight excluding hydrogens is 280 g/mol. The summed E-state index contributed by atoms with van der Waals surface area (Å²) in [5, 5.41) is 0. The lowest BCUT2D eigenvalue weighted by Gasteiger charge is -2.29. The van der Waals surface area contributed by atoms with E-state index in [1.165, 1.54) is 43.2 Å². The first-order chi connectivity index (χ1) is 9.90. The van der Waals surface area contributed by atoms with Crippen molar-refractivity contribution in [2.45, 2.75) is 38.0 Å². The van der Waals surface area contributed by atoms with Crippen LogP contribution in [0.3, 0.4) is 0 Å². The van der Waals surface area contributed by atoms with Gasteiger partial charge in [0.05, 0.1) is 0 Å². The zero-order valence-electron chi connectivity index (χ0n) is 12.1. The van der Waals surface area contributed by atoms with Crippen molar-refractivity contribution in [2.24, 2.45) is 5.92 Å². The highest BCUT2D eigenvalue weighted by molar-refractivity contribution is 5.85. The number of hydrogen-bond acceptors (Lipinski definition) is 1. The van der Waals surface area contributed by atoms with Crippen LogP contribution >= 0.6 is 12.4 Å². The molecule has 0 saturated heterocycles. The predicted molar refractivity (Wildman–Crippen MR) is 88.6 cm³/mol. The van der Waals surface area contributed by atoms with Crippen molar-refractivity contribution in [3.63, 3.8) is 0 Å². The number of benzene rings is 2. The van der Waals surface area contributed by atoms with Crippen LogP contribution in [-0.4, -0.2) is 0 Å². The largest absolute Gasteiger partial charge is 0.457 e. The first kappa shape index (κ1) is 14.5. The van der Waals surface area contributed by atoms with Crippen molar-refractivity contribution < 1.29 is 4.74 Å². The molecule has 1 aliphatic heterocycles. The van der Waals surface area contributed by atoms with Gasteiger partial charge in [-0.3, -0.25) is 0 Å². The Labute approximate surface area is 132 Å². The average Bonchev–Trinajstić information content (AvgIpc) is 2.53. The third-order valence-electron chi connectivity index (χ3n) is 4.84. The third-order valence-corrected chi connectivity index (χ3v) is 4.84. The zero-order valence-corrected chi connectivity index (χ0v) is 12.9. The summed E-state index contributed by atoms with van der Waals surface area (Å²) < 4.78 is 6.27. The number of para-hydroxylation sites is 2. The fourth-order valence-electron chi connectivity index (χ4n) is 3.87. The summed E-state index contributed by atoms with van der Waals surface area (Å²) in [7, 11) is 0. The SMILES string of the molecule is Cl.c1ccc2c(c1)C[C@@H]1CCCC(C1)c1ccccc1O2. The monoisotopic (exact) mass is 300 g/mol. The van der Waals surface area contributed by atoms with Crippen LogP contribution < -0.4 is 4.74 Å². The fraction of sp³-hybridized carbons (Fsp3) is 0.368. The van der Waals surface area contributed by atoms with E-state index in [1.807, 2.05) is 0 Å². The molecule has 1 fully saturated rings. The Hall–Kier alpha value is -1.47. The number of hydrogen-bond donors (Lipinski definition) is 0. The Morgan fingerprint density at radius 3 is 2.52 bits per heavy atom. The lowest BCUT2D eigenvalue weighted by Crippen LogP contribution is -2.15. The summed E-state index contributed by atoms with van der Waals surface area (Å²) in [6.45, 7) is 0. The van der Waals surface area contributed by atoms with Gasteiger partial charge >= 0.3 is 0 Å². The molecule has 2 aromatic carbocycles. The summed E-state index contributed by atoms with van der Waals surface area (Å²) in [5.74, 6) is 3.60. The summed E-state index contributed by atoms with van der Waals surface area (Å²) in [6, 6.07) is 17.2. The first-order valence-corrected chi connectivity index (χ1v) is 7.75. The van der Waals surface area contributed by atoms with Gasteiger partial charge in [0, 0.05) is 0 Å². The molecule has 0 amide bonds. The summed E-state index contributed by atoms with van der Waals surface area (Å²) in [6.07, 6.45) is 6.52. The quantitative estimate of drug-likeness (QED) is 0.603. The van der Waals surface area contributed by atoms with E-state index < -0.39 is 0 Å². The van der Waals surface area contributed by atoms with Crippen LogP contribution in [-0.2, 0) is 6.42 Å². The van der Waals surface area contributed by atoms with Crippen molar-refractivity contribution in [3.8, 4) is 11.5 Å². The Morgan fingerprint density at radius 2 is 1.62 bits per heavy atom. The molecule has 1 aliphatic carbocycles. The minimum atomic E-state index is 0. The van der Waals surface area contributed by atoms with Crippen molar-refractivity contribution >= 4 is 12.4 Å². The van der Waals surface area contributed by atoms with E-state index in [0.717, 1.165) is 17.4 Å². The second-order valence-electron chi connectivity index (χ2n) is 6.18. The molecule has 0 N–H and O–H groups in total. The van der Waals surface area contributed by atoms with Crippen LogP contribution in [0.15, 0.2) is 48.5 Å². The molecule has 1 unspecified atom stereocenters. The highest BCUT2D eigenvalue weighted by Gasteiger charge is 2.27. The molecule has 0 spiro atoms. The first-order valence-electron chi connectivity index (χ1n) is 7.75. The van der Waals surface area contributed by atoms with Crippen LogP contribution in [0.4, 0.5) is 0 Å². The number of halogens is 1. The molecule has 110 valence electrons. The molecular formula is C19H21ClO. The van der Waals surface area contributed by atoms with Gasteiger partial charge < -0.3 is 4.74 Å². The second-order valence-corrected chi connectivity index (χ2v) is 6.18. The summed E-state index contributed by atoms with van der Waals surface area (Å²) in [5.41, 5.74) is 2.78. The van der Waals surface area contributed by atoms with Crippen molar-refractivity contribution in [2.75, 3.05) is 0 Å². The third kappa shape index (κ3) is 2.80. The minimum Gasteiger partial charge on any atom is -0.457 e. The average molecular weight is 301 g/mol. The van der Waals surface area contributed by atoms with Gasteiger partial charge in [0.15, 0.2) is 0 Å². The molecule has 1 saturated carbocycles. The maximum Gasteiger partial charge on any atom is 0.130 e. The van der Waals surface area contributed by atoms with Gasteiger partial charge in [-0.1, -0.05) is 49.2 Å². The molecule has 1 heterocycles. The fourth-order valence-corrected chi connectivity index (χ4v) is 3.87. The topological polar surface area (TPSA) is 9.23 Å². The second kappa shape index (κ2) is 6.11. The van der Waals surface area contributed by atoms with Gasteiger partial charge in [0.1, 0.15) is 11.5 Å². The molecule has 0 aromatic heterocycles. The summed E-state index contributed by atoms with van der Waals surface area (Å²) >= 11 is 0. The number of ether oxygens (including phenoxy) is 1. The maximum absolute atomic E-state index is 6.27. The molecule has 2 atom stereocenters. The Balaban J connectivity index is 0.00000132. The van der Waals surface area contributed by atoms with Gasteiger partial charge in [0.2, 0.25) is 0 Å². The van der Waals surface area contributed by atoms with E-state index in [0.29, 0.717) is 5.92 Å². The molecule has 1 nitrogen and oxygen atoms in total. The normalized spacial score (nSPS) is 23.2. The van der Waals surface area contributed by atoms with E-state index >= 15 is 0 Å². The van der Waals surface area contributed by atoms with E-state index in [4.69, 9.17) is 4.74 Å². The van der Waals surface area contributed by atoms with Crippen molar-refractivity contribution in [1.29, 1.82) is 0 Å². The lowest BCUT2D eigenvalue weighted by molar-refractivity contribution is 0.321.